The van der Waals surface area contributed by atoms with Gasteiger partial charge in [0.05, 0.1) is 23.3 Å². The molecule has 0 spiro atoms. The van der Waals surface area contributed by atoms with E-state index in [1.165, 1.54) is 6.92 Å². The standard InChI is InChI=1S/C7H6O2.C5H8O4.C5H10O2.C2H6/c8-7(9)6-4-2-1-3-5-6;1-3(5(8)9)2-4(6)7;1-5(2,3)4(6)7;1-2/h1-5H,(H,8,9);3H,2H2,1H3,(H,6,7)(H,8,9);1-3H3,(H,6,7);1-2H3. The van der Waals surface area contributed by atoms with Crippen LogP contribution in [-0.4, -0.2) is 44.3 Å². The number of benzene rings is 1. The average molecular weight is 386 g/mol. The number of hydrogen-bond acceptors (Lipinski definition) is 4. The Kier molecular flexibility index (Phi) is 16.4. The van der Waals surface area contributed by atoms with Crippen molar-refractivity contribution in [2.45, 2.75) is 48.0 Å². The van der Waals surface area contributed by atoms with Gasteiger partial charge in [0.2, 0.25) is 0 Å². The number of hydrogen-bond donors (Lipinski definition) is 4. The van der Waals surface area contributed by atoms with E-state index in [0.29, 0.717) is 5.56 Å². The quantitative estimate of drug-likeness (QED) is 0.611. The molecule has 0 bridgehead atoms. The summed E-state index contributed by atoms with van der Waals surface area (Å²) < 4.78 is 0. The van der Waals surface area contributed by atoms with Crippen LogP contribution in [0.5, 0.6) is 0 Å². The van der Waals surface area contributed by atoms with Gasteiger partial charge < -0.3 is 20.4 Å². The molecule has 0 amide bonds. The largest absolute Gasteiger partial charge is 0.481 e. The monoisotopic (exact) mass is 386 g/mol. The van der Waals surface area contributed by atoms with E-state index in [1.54, 1.807) is 51.1 Å². The van der Waals surface area contributed by atoms with Crippen molar-refractivity contribution in [3.8, 4) is 0 Å². The SMILES string of the molecule is CC.CC(C)(C)C(=O)O.CC(CC(=O)O)C(=O)O.O=C(O)c1ccccc1. The Hall–Kier alpha value is -2.90. The molecule has 0 saturated heterocycles. The van der Waals surface area contributed by atoms with E-state index in [9.17, 15) is 19.2 Å². The fourth-order valence-corrected chi connectivity index (χ4v) is 0.930. The molecule has 1 aromatic carbocycles. The average Bonchev–Trinajstić information content (AvgIpc) is 2.57. The number of aromatic carboxylic acids is 1. The van der Waals surface area contributed by atoms with Crippen LogP contribution in [-0.2, 0) is 14.4 Å². The van der Waals surface area contributed by atoms with Crippen molar-refractivity contribution in [2.75, 3.05) is 0 Å². The predicted molar refractivity (Wildman–Crippen MR) is 101 cm³/mol. The molecule has 8 heteroatoms. The van der Waals surface area contributed by atoms with Gasteiger partial charge in [0.1, 0.15) is 0 Å². The van der Waals surface area contributed by atoms with Gasteiger partial charge in [0.15, 0.2) is 0 Å². The van der Waals surface area contributed by atoms with Gasteiger partial charge in [-0.3, -0.25) is 14.4 Å². The molecular weight excluding hydrogens is 356 g/mol. The van der Waals surface area contributed by atoms with Gasteiger partial charge in [-0.2, -0.15) is 0 Å². The number of carboxylic acids is 4. The molecule has 27 heavy (non-hydrogen) atoms. The maximum absolute atomic E-state index is 10.2. The third-order valence-corrected chi connectivity index (χ3v) is 2.56. The molecule has 1 unspecified atom stereocenters. The first-order valence-corrected chi connectivity index (χ1v) is 8.25. The van der Waals surface area contributed by atoms with E-state index in [2.05, 4.69) is 0 Å². The first kappa shape index (κ1) is 28.9. The summed E-state index contributed by atoms with van der Waals surface area (Å²) in [5, 5.41) is 32.9. The van der Waals surface area contributed by atoms with Crippen LogP contribution in [0.15, 0.2) is 30.3 Å². The lowest BCUT2D eigenvalue weighted by Crippen LogP contribution is -2.18. The summed E-state index contributed by atoms with van der Waals surface area (Å²) >= 11 is 0. The van der Waals surface area contributed by atoms with Gasteiger partial charge >= 0.3 is 23.9 Å². The molecule has 0 aliphatic rings. The van der Waals surface area contributed by atoms with Crippen molar-refractivity contribution in [1.82, 2.24) is 0 Å². The lowest BCUT2D eigenvalue weighted by atomic mass is 9.98. The molecule has 0 saturated carbocycles. The second-order valence-electron chi connectivity index (χ2n) is 6.06. The summed E-state index contributed by atoms with van der Waals surface area (Å²) in [6.07, 6.45) is -0.310. The smallest absolute Gasteiger partial charge is 0.335 e. The molecular formula is C19H30O8. The van der Waals surface area contributed by atoms with Crippen LogP contribution in [0.2, 0.25) is 0 Å². The van der Waals surface area contributed by atoms with Crippen LogP contribution in [0.1, 0.15) is 58.3 Å². The topological polar surface area (TPSA) is 149 Å². The first-order valence-electron chi connectivity index (χ1n) is 8.25. The van der Waals surface area contributed by atoms with Crippen molar-refractivity contribution >= 4 is 23.9 Å². The molecule has 4 N–H and O–H groups in total. The molecule has 0 radical (unpaired) electrons. The Morgan fingerprint density at radius 2 is 1.26 bits per heavy atom. The molecule has 1 atom stereocenters. The Balaban J connectivity index is -0.000000308. The van der Waals surface area contributed by atoms with Crippen molar-refractivity contribution < 1.29 is 39.6 Å². The normalized spacial score (nSPS) is 10.3. The Morgan fingerprint density at radius 3 is 1.41 bits per heavy atom. The van der Waals surface area contributed by atoms with E-state index in [4.69, 9.17) is 20.4 Å². The molecule has 0 fully saturated rings. The molecule has 154 valence electrons. The fraction of sp³-hybridized carbons (Fsp3) is 0.474. The van der Waals surface area contributed by atoms with Gasteiger partial charge in [-0.25, -0.2) is 4.79 Å². The zero-order valence-corrected chi connectivity index (χ0v) is 16.6. The van der Waals surface area contributed by atoms with E-state index in [1.807, 2.05) is 13.8 Å². The Bertz CT molecular complexity index is 573. The van der Waals surface area contributed by atoms with Crippen LogP contribution in [0.4, 0.5) is 0 Å². The molecule has 0 aromatic heterocycles. The molecule has 0 aliphatic heterocycles. The minimum Gasteiger partial charge on any atom is -0.481 e. The van der Waals surface area contributed by atoms with Gasteiger partial charge in [-0.05, 0) is 32.9 Å². The number of carbonyl (C=O) groups is 4. The van der Waals surface area contributed by atoms with Crippen LogP contribution < -0.4 is 0 Å². The zero-order valence-electron chi connectivity index (χ0n) is 16.6. The maximum atomic E-state index is 10.2. The van der Waals surface area contributed by atoms with Crippen molar-refractivity contribution in [3.05, 3.63) is 35.9 Å². The van der Waals surface area contributed by atoms with Crippen molar-refractivity contribution in [2.24, 2.45) is 11.3 Å². The minimum absolute atomic E-state index is 0.310. The van der Waals surface area contributed by atoms with Gasteiger partial charge in [-0.1, -0.05) is 39.0 Å². The second kappa shape index (κ2) is 15.4. The zero-order chi connectivity index (χ0) is 22.2. The summed E-state index contributed by atoms with van der Waals surface area (Å²) in [7, 11) is 0. The van der Waals surface area contributed by atoms with E-state index < -0.39 is 35.2 Å². The van der Waals surface area contributed by atoms with Crippen molar-refractivity contribution in [3.63, 3.8) is 0 Å². The molecule has 1 aromatic rings. The summed E-state index contributed by atoms with van der Waals surface area (Å²) in [4.78, 5) is 40.0. The predicted octanol–water partition coefficient (Wildman–Crippen LogP) is 3.71. The summed E-state index contributed by atoms with van der Waals surface area (Å²) in [6, 6.07) is 8.30. The summed E-state index contributed by atoms with van der Waals surface area (Å²) in [6.45, 7) is 10.3. The van der Waals surface area contributed by atoms with E-state index in [-0.39, 0.29) is 6.42 Å². The molecule has 1 rings (SSSR count). The van der Waals surface area contributed by atoms with Crippen LogP contribution in [0.3, 0.4) is 0 Å². The third kappa shape index (κ3) is 19.3. The van der Waals surface area contributed by atoms with E-state index >= 15 is 0 Å². The molecule has 0 heterocycles. The highest BCUT2D eigenvalue weighted by molar-refractivity contribution is 5.87. The fourth-order valence-electron chi connectivity index (χ4n) is 0.930. The third-order valence-electron chi connectivity index (χ3n) is 2.56. The van der Waals surface area contributed by atoms with E-state index in [0.717, 1.165) is 0 Å². The first-order chi connectivity index (χ1) is 12.3. The molecule has 0 aliphatic carbocycles. The summed E-state index contributed by atoms with van der Waals surface area (Å²) in [5.41, 5.74) is -0.252. The molecule has 8 nitrogen and oxygen atoms in total. The Morgan fingerprint density at radius 1 is 0.889 bits per heavy atom. The highest BCUT2D eigenvalue weighted by Gasteiger charge is 2.18. The number of carboxylic acid groups (broad SMARTS) is 4. The summed E-state index contributed by atoms with van der Waals surface area (Å²) in [5.74, 6) is -4.58. The highest BCUT2D eigenvalue weighted by atomic mass is 16.4. The van der Waals surface area contributed by atoms with Gasteiger partial charge in [0, 0.05) is 0 Å². The maximum Gasteiger partial charge on any atom is 0.335 e. The number of rotatable bonds is 4. The lowest BCUT2D eigenvalue weighted by molar-refractivity contribution is -0.147. The second-order valence-corrected chi connectivity index (χ2v) is 6.06. The van der Waals surface area contributed by atoms with Gasteiger partial charge in [0.25, 0.3) is 0 Å². The van der Waals surface area contributed by atoms with Crippen molar-refractivity contribution in [1.29, 1.82) is 0 Å². The lowest BCUT2D eigenvalue weighted by Gasteiger charge is -2.08. The van der Waals surface area contributed by atoms with Crippen LogP contribution in [0.25, 0.3) is 0 Å². The van der Waals surface area contributed by atoms with Crippen LogP contribution in [0, 0.1) is 11.3 Å². The number of aliphatic carboxylic acids is 3. The van der Waals surface area contributed by atoms with Gasteiger partial charge in [-0.15, -0.1) is 0 Å². The minimum atomic E-state index is -1.08. The Labute approximate surface area is 159 Å². The highest BCUT2D eigenvalue weighted by Crippen LogP contribution is 2.11. The van der Waals surface area contributed by atoms with Crippen LogP contribution >= 0.6 is 0 Å².